The van der Waals surface area contributed by atoms with Gasteiger partial charge in [0.25, 0.3) is 0 Å². The standard InChI is InChI=1S/C10H18N4O4S/c1-3-13-19(16,17)6-5-14-7-12-8(9(14)11)10(15)18-4-2/h7,13H,3-6,11H2,1-2H3. The van der Waals surface area contributed by atoms with Crippen molar-refractivity contribution >= 4 is 21.8 Å². The molecular formula is C10H18N4O4S. The first-order valence-corrected chi connectivity index (χ1v) is 7.51. The summed E-state index contributed by atoms with van der Waals surface area (Å²) in [6.45, 7) is 4.04. The third-order valence-electron chi connectivity index (χ3n) is 2.31. The van der Waals surface area contributed by atoms with E-state index in [-0.39, 0.29) is 30.4 Å². The molecule has 8 nitrogen and oxygen atoms in total. The van der Waals surface area contributed by atoms with Crippen LogP contribution in [0.3, 0.4) is 0 Å². The van der Waals surface area contributed by atoms with Gasteiger partial charge in [-0.15, -0.1) is 0 Å². The molecule has 0 radical (unpaired) electrons. The van der Waals surface area contributed by atoms with E-state index in [1.165, 1.54) is 10.9 Å². The molecule has 1 rings (SSSR count). The number of nitrogens with zero attached hydrogens (tertiary/aromatic N) is 2. The zero-order chi connectivity index (χ0) is 14.5. The van der Waals surface area contributed by atoms with Crippen molar-refractivity contribution in [1.29, 1.82) is 0 Å². The van der Waals surface area contributed by atoms with Gasteiger partial charge in [-0.1, -0.05) is 6.92 Å². The second-order valence-electron chi connectivity index (χ2n) is 3.71. The van der Waals surface area contributed by atoms with Crippen molar-refractivity contribution in [1.82, 2.24) is 14.3 Å². The van der Waals surface area contributed by atoms with E-state index in [0.717, 1.165) is 0 Å². The van der Waals surface area contributed by atoms with E-state index in [1.807, 2.05) is 0 Å². The number of sulfonamides is 1. The highest BCUT2D eigenvalue weighted by Gasteiger charge is 2.18. The maximum Gasteiger partial charge on any atom is 0.360 e. The maximum atomic E-state index is 11.5. The molecule has 0 amide bonds. The highest BCUT2D eigenvalue weighted by Crippen LogP contribution is 2.11. The Morgan fingerprint density at radius 1 is 1.53 bits per heavy atom. The summed E-state index contributed by atoms with van der Waals surface area (Å²) in [5.74, 6) is -0.651. The first-order chi connectivity index (χ1) is 8.91. The van der Waals surface area contributed by atoms with Crippen LogP contribution in [-0.2, 0) is 21.3 Å². The van der Waals surface area contributed by atoms with Crippen molar-refractivity contribution in [2.75, 3.05) is 24.6 Å². The molecule has 0 atom stereocenters. The lowest BCUT2D eigenvalue weighted by Gasteiger charge is -2.07. The van der Waals surface area contributed by atoms with E-state index in [2.05, 4.69) is 9.71 Å². The fourth-order valence-corrected chi connectivity index (χ4v) is 2.46. The van der Waals surface area contributed by atoms with Crippen molar-refractivity contribution in [3.63, 3.8) is 0 Å². The lowest BCUT2D eigenvalue weighted by molar-refractivity contribution is 0.0521. The molecule has 9 heteroatoms. The molecule has 1 heterocycles. The van der Waals surface area contributed by atoms with Gasteiger partial charge in [0.05, 0.1) is 18.7 Å². The van der Waals surface area contributed by atoms with Gasteiger partial charge in [-0.3, -0.25) is 0 Å². The number of imidazole rings is 1. The van der Waals surface area contributed by atoms with Crippen LogP contribution in [0.4, 0.5) is 5.82 Å². The summed E-state index contributed by atoms with van der Waals surface area (Å²) in [6.07, 6.45) is 1.32. The number of esters is 1. The lowest BCUT2D eigenvalue weighted by Crippen LogP contribution is -2.28. The number of nitrogens with two attached hydrogens (primary N) is 1. The Morgan fingerprint density at radius 2 is 2.21 bits per heavy atom. The topological polar surface area (TPSA) is 116 Å². The predicted octanol–water partition coefficient (Wildman–Crippen LogP) is -0.419. The summed E-state index contributed by atoms with van der Waals surface area (Å²) in [5.41, 5.74) is 5.72. The quantitative estimate of drug-likeness (QED) is 0.659. The molecule has 0 fully saturated rings. The monoisotopic (exact) mass is 290 g/mol. The molecule has 0 bridgehead atoms. The van der Waals surface area contributed by atoms with Crippen LogP contribution in [0.5, 0.6) is 0 Å². The number of rotatable bonds is 7. The molecular weight excluding hydrogens is 272 g/mol. The third kappa shape index (κ3) is 4.21. The summed E-state index contributed by atoms with van der Waals surface area (Å²) >= 11 is 0. The molecule has 19 heavy (non-hydrogen) atoms. The number of anilines is 1. The SMILES string of the molecule is CCNS(=O)(=O)CCn1cnc(C(=O)OCC)c1N. The van der Waals surface area contributed by atoms with Gasteiger partial charge < -0.3 is 15.0 Å². The predicted molar refractivity (Wildman–Crippen MR) is 70.1 cm³/mol. The zero-order valence-corrected chi connectivity index (χ0v) is 11.7. The highest BCUT2D eigenvalue weighted by molar-refractivity contribution is 7.89. The average molecular weight is 290 g/mol. The van der Waals surface area contributed by atoms with Crippen LogP contribution in [0.25, 0.3) is 0 Å². The molecule has 0 aromatic carbocycles. The Hall–Kier alpha value is -1.61. The smallest absolute Gasteiger partial charge is 0.360 e. The number of ether oxygens (including phenoxy) is 1. The van der Waals surface area contributed by atoms with Crippen LogP contribution in [0.2, 0.25) is 0 Å². The van der Waals surface area contributed by atoms with E-state index >= 15 is 0 Å². The van der Waals surface area contributed by atoms with Crippen LogP contribution >= 0.6 is 0 Å². The number of hydrogen-bond donors (Lipinski definition) is 2. The summed E-state index contributed by atoms with van der Waals surface area (Å²) < 4.78 is 31.5. The van der Waals surface area contributed by atoms with Crippen LogP contribution in [-0.4, -0.2) is 42.8 Å². The van der Waals surface area contributed by atoms with Crippen molar-refractivity contribution in [2.45, 2.75) is 20.4 Å². The highest BCUT2D eigenvalue weighted by atomic mass is 32.2. The molecule has 1 aromatic rings. The number of hydrogen-bond acceptors (Lipinski definition) is 6. The number of aryl methyl sites for hydroxylation is 1. The third-order valence-corrected chi connectivity index (χ3v) is 3.76. The molecule has 0 saturated heterocycles. The van der Waals surface area contributed by atoms with E-state index in [0.29, 0.717) is 6.54 Å². The Bertz CT molecular complexity index is 538. The van der Waals surface area contributed by atoms with Crippen LogP contribution < -0.4 is 10.5 Å². The Balaban J connectivity index is 2.74. The molecule has 0 unspecified atom stereocenters. The molecule has 0 aliphatic rings. The average Bonchev–Trinajstić information content (AvgIpc) is 2.68. The molecule has 1 aromatic heterocycles. The largest absolute Gasteiger partial charge is 0.461 e. The zero-order valence-electron chi connectivity index (χ0n) is 10.9. The molecule has 0 saturated carbocycles. The van der Waals surface area contributed by atoms with Gasteiger partial charge in [-0.2, -0.15) is 0 Å². The minimum atomic E-state index is -3.34. The van der Waals surface area contributed by atoms with E-state index in [1.54, 1.807) is 13.8 Å². The molecule has 0 aliphatic carbocycles. The number of nitrogen functional groups attached to an aromatic ring is 1. The van der Waals surface area contributed by atoms with Gasteiger partial charge in [0.1, 0.15) is 5.82 Å². The van der Waals surface area contributed by atoms with Crippen LogP contribution in [0, 0.1) is 0 Å². The van der Waals surface area contributed by atoms with E-state index in [9.17, 15) is 13.2 Å². The summed E-state index contributed by atoms with van der Waals surface area (Å²) in [6, 6.07) is 0. The van der Waals surface area contributed by atoms with E-state index in [4.69, 9.17) is 10.5 Å². The van der Waals surface area contributed by atoms with Gasteiger partial charge in [0, 0.05) is 13.1 Å². The van der Waals surface area contributed by atoms with Crippen LogP contribution in [0.1, 0.15) is 24.3 Å². The summed E-state index contributed by atoms with van der Waals surface area (Å²) in [7, 11) is -3.34. The van der Waals surface area contributed by atoms with Crippen molar-refractivity contribution in [3.8, 4) is 0 Å². The second-order valence-corrected chi connectivity index (χ2v) is 5.64. The van der Waals surface area contributed by atoms with Crippen molar-refractivity contribution < 1.29 is 17.9 Å². The Labute approximate surface area is 112 Å². The summed E-state index contributed by atoms with van der Waals surface area (Å²) in [5, 5.41) is 0. The van der Waals surface area contributed by atoms with Crippen molar-refractivity contribution in [3.05, 3.63) is 12.0 Å². The fraction of sp³-hybridized carbons (Fsp3) is 0.600. The van der Waals surface area contributed by atoms with Gasteiger partial charge in [-0.25, -0.2) is 22.9 Å². The number of carbonyl (C=O) groups excluding carboxylic acids is 1. The minimum Gasteiger partial charge on any atom is -0.461 e. The van der Waals surface area contributed by atoms with Gasteiger partial charge >= 0.3 is 5.97 Å². The lowest BCUT2D eigenvalue weighted by atomic mass is 10.4. The van der Waals surface area contributed by atoms with Crippen LogP contribution in [0.15, 0.2) is 6.33 Å². The molecule has 0 spiro atoms. The summed E-state index contributed by atoms with van der Waals surface area (Å²) in [4.78, 5) is 15.3. The van der Waals surface area contributed by atoms with Crippen molar-refractivity contribution in [2.24, 2.45) is 0 Å². The molecule has 3 N–H and O–H groups in total. The number of carbonyl (C=O) groups is 1. The van der Waals surface area contributed by atoms with Gasteiger partial charge in [0.15, 0.2) is 5.69 Å². The first-order valence-electron chi connectivity index (χ1n) is 5.86. The number of nitrogens with one attached hydrogen (secondary N) is 1. The Morgan fingerprint density at radius 3 is 2.79 bits per heavy atom. The second kappa shape index (κ2) is 6.53. The van der Waals surface area contributed by atoms with Gasteiger partial charge in [-0.05, 0) is 6.92 Å². The maximum absolute atomic E-state index is 11.5. The fourth-order valence-electron chi connectivity index (χ4n) is 1.44. The Kier molecular flexibility index (Phi) is 5.31. The molecule has 108 valence electrons. The van der Waals surface area contributed by atoms with Gasteiger partial charge in [0.2, 0.25) is 10.0 Å². The minimum absolute atomic E-state index is 0.00250. The first kappa shape index (κ1) is 15.4. The number of aromatic nitrogens is 2. The molecule has 0 aliphatic heterocycles. The normalized spacial score (nSPS) is 11.5. The van der Waals surface area contributed by atoms with E-state index < -0.39 is 16.0 Å².